The van der Waals surface area contributed by atoms with Crippen molar-refractivity contribution in [2.24, 2.45) is 15.0 Å². The van der Waals surface area contributed by atoms with E-state index in [0.29, 0.717) is 5.71 Å². The molecule has 0 aromatic heterocycles. The zero-order chi connectivity index (χ0) is 18.1. The Balaban J connectivity index is 2.49. The highest BCUT2D eigenvalue weighted by Crippen LogP contribution is 2.12. The molecule has 0 radical (unpaired) electrons. The molecular weight excluding hydrogens is 322 g/mol. The summed E-state index contributed by atoms with van der Waals surface area (Å²) in [5, 5.41) is 17.5. The monoisotopic (exact) mass is 337 g/mol. The van der Waals surface area contributed by atoms with Crippen molar-refractivity contribution in [3.05, 3.63) is 71.8 Å². The number of nitrogens with zero attached hydrogens (tertiary/aromatic N) is 3. The van der Waals surface area contributed by atoms with Gasteiger partial charge in [0.2, 0.25) is 0 Å². The Bertz CT molecular complexity index is 786. The highest BCUT2D eigenvalue weighted by Gasteiger charge is 2.09. The number of hydrogen-bond acceptors (Lipinski definition) is 2. The van der Waals surface area contributed by atoms with Gasteiger partial charge in [0.05, 0.1) is 5.71 Å². The fraction of sp³-hybridized carbons (Fsp3) is 0.0556. The Morgan fingerprint density at radius 1 is 0.800 bits per heavy atom. The summed E-state index contributed by atoms with van der Waals surface area (Å²) in [5.74, 6) is -0.0554. The van der Waals surface area contributed by atoms with Gasteiger partial charge in [-0.05, 0) is 0 Å². The fourth-order valence-corrected chi connectivity index (χ4v) is 2.05. The average Bonchev–Trinajstić information content (AvgIpc) is 2.60. The zero-order valence-corrected chi connectivity index (χ0v) is 13.1. The minimum atomic E-state index is -1.41. The second-order valence-electron chi connectivity index (χ2n) is 4.80. The molecule has 2 aromatic carbocycles. The number of benzene rings is 2. The topological polar surface area (TPSA) is 112 Å². The first-order valence-corrected chi connectivity index (χ1v) is 7.31. The quantitative estimate of drug-likeness (QED) is 0.653. The summed E-state index contributed by atoms with van der Waals surface area (Å²) in [6, 6.07) is 18.5. The van der Waals surface area contributed by atoms with Gasteiger partial charge >= 0.3 is 12.2 Å². The number of carbonyl (C=O) groups is 2. The fourth-order valence-electron chi connectivity index (χ4n) is 2.05. The van der Waals surface area contributed by atoms with Gasteiger partial charge < -0.3 is 10.2 Å². The molecule has 0 aliphatic rings. The van der Waals surface area contributed by atoms with Crippen LogP contribution in [-0.2, 0) is 0 Å². The van der Waals surface area contributed by atoms with Crippen molar-refractivity contribution in [2.75, 3.05) is 0 Å². The Morgan fingerprint density at radius 2 is 1.32 bits per heavy atom. The molecule has 2 aromatic rings. The molecule has 0 saturated carbocycles. The summed E-state index contributed by atoms with van der Waals surface area (Å²) < 4.78 is 0. The first-order chi connectivity index (χ1) is 12.1. The van der Waals surface area contributed by atoms with Crippen LogP contribution < -0.4 is 0 Å². The lowest BCUT2D eigenvalue weighted by Gasteiger charge is -2.08. The van der Waals surface area contributed by atoms with E-state index in [1.54, 1.807) is 0 Å². The van der Waals surface area contributed by atoms with Crippen LogP contribution in [0.25, 0.3) is 0 Å². The smallest absolute Gasteiger partial charge is 0.432 e. The summed E-state index contributed by atoms with van der Waals surface area (Å²) in [5.41, 5.74) is 2.09. The van der Waals surface area contributed by atoms with Gasteiger partial charge in [-0.2, -0.15) is 9.98 Å². The van der Waals surface area contributed by atoms with Crippen molar-refractivity contribution in [2.45, 2.75) is 6.42 Å². The van der Waals surface area contributed by atoms with Crippen LogP contribution in [0.3, 0.4) is 0 Å². The molecule has 25 heavy (non-hydrogen) atoms. The third-order valence-electron chi connectivity index (χ3n) is 3.04. The summed E-state index contributed by atoms with van der Waals surface area (Å²) in [7, 11) is 0. The lowest BCUT2D eigenvalue weighted by Crippen LogP contribution is -2.09. The average molecular weight is 337 g/mol. The van der Waals surface area contributed by atoms with Crippen LogP contribution in [0, 0.1) is 0 Å². The Labute approximate surface area is 143 Å². The van der Waals surface area contributed by atoms with E-state index < -0.39 is 12.2 Å². The third kappa shape index (κ3) is 5.83. The second-order valence-corrected chi connectivity index (χ2v) is 4.80. The van der Waals surface area contributed by atoms with E-state index in [1.165, 1.54) is 0 Å². The molecule has 0 aliphatic carbocycles. The van der Waals surface area contributed by atoms with Crippen LogP contribution in [0.15, 0.2) is 75.6 Å². The molecule has 0 heterocycles. The molecule has 7 heteroatoms. The molecule has 126 valence electrons. The molecule has 7 nitrogen and oxygen atoms in total. The Kier molecular flexibility index (Phi) is 6.30. The van der Waals surface area contributed by atoms with Crippen LogP contribution in [0.2, 0.25) is 0 Å². The van der Waals surface area contributed by atoms with Crippen LogP contribution in [0.4, 0.5) is 9.59 Å². The van der Waals surface area contributed by atoms with Crippen molar-refractivity contribution < 1.29 is 19.8 Å². The van der Waals surface area contributed by atoms with Crippen LogP contribution >= 0.6 is 0 Å². The number of amides is 2. The van der Waals surface area contributed by atoms with Crippen molar-refractivity contribution in [3.8, 4) is 0 Å². The van der Waals surface area contributed by atoms with E-state index in [9.17, 15) is 9.59 Å². The highest BCUT2D eigenvalue weighted by atomic mass is 16.4. The lowest BCUT2D eigenvalue weighted by molar-refractivity contribution is 0.204. The predicted octanol–water partition coefficient (Wildman–Crippen LogP) is 3.74. The zero-order valence-electron chi connectivity index (χ0n) is 13.1. The molecule has 0 bridgehead atoms. The van der Waals surface area contributed by atoms with E-state index in [2.05, 4.69) is 15.0 Å². The number of aliphatic imine (C=N–C) groups is 3. The summed E-state index contributed by atoms with van der Waals surface area (Å²) in [6.45, 7) is 0. The van der Waals surface area contributed by atoms with Crippen molar-refractivity contribution in [1.29, 1.82) is 0 Å². The van der Waals surface area contributed by atoms with Crippen LogP contribution in [0.1, 0.15) is 17.5 Å². The minimum Gasteiger partial charge on any atom is -0.463 e. The maximum Gasteiger partial charge on any atom is 0.432 e. The molecule has 0 aliphatic heterocycles. The second kappa shape index (κ2) is 8.88. The molecule has 2 amide bonds. The van der Waals surface area contributed by atoms with Gasteiger partial charge in [0, 0.05) is 23.8 Å². The summed E-state index contributed by atoms with van der Waals surface area (Å²) in [4.78, 5) is 32.4. The van der Waals surface area contributed by atoms with Gasteiger partial charge in [-0.25, -0.2) is 14.6 Å². The van der Waals surface area contributed by atoms with Gasteiger partial charge in [0.25, 0.3) is 0 Å². The minimum absolute atomic E-state index is 0.0554. The Hall–Kier alpha value is -3.61. The van der Waals surface area contributed by atoms with Gasteiger partial charge in [-0.15, -0.1) is 0 Å². The number of rotatable bonds is 4. The molecule has 2 N–H and O–H groups in total. The van der Waals surface area contributed by atoms with E-state index in [0.717, 1.165) is 17.3 Å². The van der Waals surface area contributed by atoms with Gasteiger partial charge in [0.1, 0.15) is 5.84 Å². The maximum absolute atomic E-state index is 10.9. The van der Waals surface area contributed by atoms with Crippen molar-refractivity contribution >= 4 is 29.9 Å². The van der Waals surface area contributed by atoms with E-state index in [-0.39, 0.29) is 12.3 Å². The third-order valence-corrected chi connectivity index (χ3v) is 3.04. The molecule has 0 spiro atoms. The molecule has 0 fully saturated rings. The lowest BCUT2D eigenvalue weighted by atomic mass is 10.0. The first kappa shape index (κ1) is 17.7. The summed E-state index contributed by atoms with van der Waals surface area (Å²) >= 11 is 0. The first-order valence-electron chi connectivity index (χ1n) is 7.31. The maximum atomic E-state index is 10.9. The van der Waals surface area contributed by atoms with E-state index in [4.69, 9.17) is 10.2 Å². The molecule has 0 unspecified atom stereocenters. The standard InChI is InChI=1S/C18H15N3O4/c22-17(23)19-12-11-15(21-18(24)25)20-16(13-7-3-1-4-8-13)14-9-5-2-6-10-14/h1-10,12H,11H2,(H,22,23)(H,24,25). The number of carboxylic acid groups (broad SMARTS) is 2. The highest BCUT2D eigenvalue weighted by molar-refractivity contribution is 6.19. The number of amidine groups is 1. The normalized spacial score (nSPS) is 11.3. The van der Waals surface area contributed by atoms with E-state index in [1.807, 2.05) is 60.7 Å². The van der Waals surface area contributed by atoms with Gasteiger partial charge in [-0.1, -0.05) is 60.7 Å². The summed E-state index contributed by atoms with van der Waals surface area (Å²) in [6.07, 6.45) is -1.85. The molecular formula is C18H15N3O4. The van der Waals surface area contributed by atoms with Gasteiger partial charge in [-0.3, -0.25) is 0 Å². The Morgan fingerprint density at radius 3 is 1.76 bits per heavy atom. The van der Waals surface area contributed by atoms with Crippen LogP contribution in [0.5, 0.6) is 0 Å². The largest absolute Gasteiger partial charge is 0.463 e. The predicted molar refractivity (Wildman–Crippen MR) is 95.1 cm³/mol. The SMILES string of the molecule is O=C(O)N=CCC(=NC(=O)O)N=C(c1ccccc1)c1ccccc1. The molecule has 0 saturated heterocycles. The molecule has 2 rings (SSSR count). The molecule has 0 atom stereocenters. The van der Waals surface area contributed by atoms with Gasteiger partial charge in [0.15, 0.2) is 0 Å². The van der Waals surface area contributed by atoms with E-state index >= 15 is 0 Å². The van der Waals surface area contributed by atoms with Crippen LogP contribution in [-0.4, -0.2) is 40.2 Å². The van der Waals surface area contributed by atoms with Crippen molar-refractivity contribution in [3.63, 3.8) is 0 Å². The van der Waals surface area contributed by atoms with Crippen molar-refractivity contribution in [1.82, 2.24) is 0 Å². The number of hydrogen-bond donors (Lipinski definition) is 2.